The first-order valence-electron chi connectivity index (χ1n) is 5.29. The molecule has 1 atom stereocenters. The smallest absolute Gasteiger partial charge is 0.335 e. The highest BCUT2D eigenvalue weighted by molar-refractivity contribution is 5.93. The van der Waals surface area contributed by atoms with Gasteiger partial charge in [0.25, 0.3) is 5.91 Å². The second-order valence-corrected chi connectivity index (χ2v) is 3.98. The van der Waals surface area contributed by atoms with Gasteiger partial charge >= 0.3 is 5.63 Å². The molecule has 2 heterocycles. The maximum Gasteiger partial charge on any atom is 0.335 e. The summed E-state index contributed by atoms with van der Waals surface area (Å²) < 4.78 is 4.66. The highest BCUT2D eigenvalue weighted by Crippen LogP contribution is 2.17. The maximum atomic E-state index is 11.9. The molecule has 5 heteroatoms. The van der Waals surface area contributed by atoms with Gasteiger partial charge in [-0.3, -0.25) is 4.79 Å². The fraction of sp³-hybridized carbons (Fsp3) is 0.455. The molecule has 0 radical (unpaired) electrons. The van der Waals surface area contributed by atoms with E-state index >= 15 is 0 Å². The minimum Gasteiger partial charge on any atom is -0.430 e. The molecule has 1 amide bonds. The van der Waals surface area contributed by atoms with Crippen molar-refractivity contribution in [3.63, 3.8) is 0 Å². The lowest BCUT2D eigenvalue weighted by molar-refractivity contribution is 0.0785. The number of hydrogen-bond acceptors (Lipinski definition) is 4. The molecule has 0 bridgehead atoms. The summed E-state index contributed by atoms with van der Waals surface area (Å²) in [6.45, 7) is 2.02. The van der Waals surface area contributed by atoms with Crippen molar-refractivity contribution in [3.05, 3.63) is 34.4 Å². The van der Waals surface area contributed by atoms with Gasteiger partial charge in [-0.15, -0.1) is 0 Å². The van der Waals surface area contributed by atoms with E-state index in [9.17, 15) is 9.59 Å². The quantitative estimate of drug-likeness (QED) is 0.767. The van der Waals surface area contributed by atoms with Gasteiger partial charge in [0.1, 0.15) is 6.26 Å². The first-order chi connectivity index (χ1) is 7.70. The van der Waals surface area contributed by atoms with E-state index in [1.54, 1.807) is 4.90 Å². The second-order valence-electron chi connectivity index (χ2n) is 3.98. The lowest BCUT2D eigenvalue weighted by Crippen LogP contribution is -2.30. The number of carbonyl (C=O) groups excluding carboxylic acids is 1. The van der Waals surface area contributed by atoms with E-state index in [4.69, 9.17) is 5.73 Å². The van der Waals surface area contributed by atoms with E-state index < -0.39 is 5.63 Å². The van der Waals surface area contributed by atoms with Gasteiger partial charge in [-0.2, -0.15) is 0 Å². The van der Waals surface area contributed by atoms with Crippen molar-refractivity contribution in [1.82, 2.24) is 4.90 Å². The fourth-order valence-electron chi connectivity index (χ4n) is 1.87. The number of amides is 1. The molecule has 1 saturated heterocycles. The molecule has 1 fully saturated rings. The van der Waals surface area contributed by atoms with Crippen molar-refractivity contribution in [2.75, 3.05) is 19.6 Å². The largest absolute Gasteiger partial charge is 0.430 e. The Morgan fingerprint density at radius 1 is 1.56 bits per heavy atom. The topological polar surface area (TPSA) is 76.5 Å². The van der Waals surface area contributed by atoms with E-state index in [1.807, 2.05) is 0 Å². The van der Waals surface area contributed by atoms with Crippen molar-refractivity contribution in [2.45, 2.75) is 6.42 Å². The molecule has 0 aromatic carbocycles. The second kappa shape index (κ2) is 4.49. The van der Waals surface area contributed by atoms with E-state index in [2.05, 4.69) is 4.42 Å². The fourth-order valence-corrected chi connectivity index (χ4v) is 1.87. The molecule has 1 aliphatic heterocycles. The molecule has 2 rings (SSSR count). The third kappa shape index (κ3) is 2.14. The lowest BCUT2D eigenvalue weighted by Gasteiger charge is -2.15. The van der Waals surface area contributed by atoms with Gasteiger partial charge in [-0.1, -0.05) is 0 Å². The van der Waals surface area contributed by atoms with Gasteiger partial charge in [0.15, 0.2) is 0 Å². The van der Waals surface area contributed by atoms with Gasteiger partial charge in [0.05, 0.1) is 5.56 Å². The van der Waals surface area contributed by atoms with Crippen LogP contribution in [-0.4, -0.2) is 30.4 Å². The van der Waals surface area contributed by atoms with Crippen LogP contribution < -0.4 is 11.4 Å². The van der Waals surface area contributed by atoms with Crippen LogP contribution in [-0.2, 0) is 0 Å². The Labute approximate surface area is 92.8 Å². The van der Waals surface area contributed by atoms with Crippen molar-refractivity contribution in [1.29, 1.82) is 0 Å². The molecule has 1 aromatic rings. The summed E-state index contributed by atoms with van der Waals surface area (Å²) in [4.78, 5) is 24.4. The number of hydrogen-bond donors (Lipinski definition) is 1. The number of nitrogens with two attached hydrogens (primary N) is 1. The molecule has 1 unspecified atom stereocenters. The Morgan fingerprint density at radius 2 is 2.38 bits per heavy atom. The SMILES string of the molecule is NCC1CCN(C(=O)c2ccc(=O)oc2)C1. The van der Waals surface area contributed by atoms with Gasteiger partial charge in [-0.05, 0) is 24.9 Å². The zero-order chi connectivity index (χ0) is 11.5. The van der Waals surface area contributed by atoms with Gasteiger partial charge < -0.3 is 15.1 Å². The lowest BCUT2D eigenvalue weighted by atomic mass is 10.1. The number of likely N-dealkylation sites (tertiary alicyclic amines) is 1. The Kier molecular flexibility index (Phi) is 3.05. The highest BCUT2D eigenvalue weighted by atomic mass is 16.4. The van der Waals surface area contributed by atoms with Crippen molar-refractivity contribution < 1.29 is 9.21 Å². The van der Waals surface area contributed by atoms with Crippen molar-refractivity contribution in [2.24, 2.45) is 11.7 Å². The molecule has 1 aliphatic rings. The summed E-state index contributed by atoms with van der Waals surface area (Å²) in [6.07, 6.45) is 2.15. The van der Waals surface area contributed by atoms with Crippen LogP contribution >= 0.6 is 0 Å². The van der Waals surface area contributed by atoms with Crippen LogP contribution in [0.15, 0.2) is 27.6 Å². The van der Waals surface area contributed by atoms with E-state index in [1.165, 1.54) is 18.4 Å². The molecule has 86 valence electrons. The molecule has 2 N–H and O–H groups in total. The molecular weight excluding hydrogens is 208 g/mol. The van der Waals surface area contributed by atoms with E-state index in [-0.39, 0.29) is 5.91 Å². The average molecular weight is 222 g/mol. The minimum atomic E-state index is -0.446. The Bertz CT molecular complexity index is 421. The molecular formula is C11H14N2O3. The molecule has 0 saturated carbocycles. The first kappa shape index (κ1) is 10.9. The van der Waals surface area contributed by atoms with Crippen LogP contribution in [0.5, 0.6) is 0 Å². The van der Waals surface area contributed by atoms with Crippen LogP contribution in [0.3, 0.4) is 0 Å². The standard InChI is InChI=1S/C11H14N2O3/c12-5-8-3-4-13(6-8)11(15)9-1-2-10(14)16-7-9/h1-2,7-8H,3-6,12H2. The van der Waals surface area contributed by atoms with Crippen molar-refractivity contribution in [3.8, 4) is 0 Å². The van der Waals surface area contributed by atoms with E-state index in [0.717, 1.165) is 13.0 Å². The molecule has 16 heavy (non-hydrogen) atoms. The number of rotatable bonds is 2. The highest BCUT2D eigenvalue weighted by Gasteiger charge is 2.26. The summed E-state index contributed by atoms with van der Waals surface area (Å²) in [5, 5.41) is 0. The summed E-state index contributed by atoms with van der Waals surface area (Å²) in [5.74, 6) is 0.291. The van der Waals surface area contributed by atoms with Gasteiger partial charge in [-0.25, -0.2) is 4.79 Å². The Balaban J connectivity index is 2.08. The molecule has 0 spiro atoms. The first-order valence-corrected chi connectivity index (χ1v) is 5.29. The average Bonchev–Trinajstić information content (AvgIpc) is 2.77. The number of carbonyl (C=O) groups is 1. The molecule has 1 aromatic heterocycles. The van der Waals surface area contributed by atoms with E-state index in [0.29, 0.717) is 24.6 Å². The molecule has 0 aliphatic carbocycles. The zero-order valence-electron chi connectivity index (χ0n) is 8.89. The Morgan fingerprint density at radius 3 is 2.94 bits per heavy atom. The van der Waals surface area contributed by atoms with Crippen LogP contribution in [0.1, 0.15) is 16.8 Å². The van der Waals surface area contributed by atoms with Crippen LogP contribution in [0.4, 0.5) is 0 Å². The van der Waals surface area contributed by atoms with Crippen LogP contribution in [0, 0.1) is 5.92 Å². The van der Waals surface area contributed by atoms with Gasteiger partial charge in [0, 0.05) is 19.2 Å². The zero-order valence-corrected chi connectivity index (χ0v) is 8.89. The third-order valence-electron chi connectivity index (χ3n) is 2.85. The van der Waals surface area contributed by atoms with Crippen molar-refractivity contribution >= 4 is 5.91 Å². The monoisotopic (exact) mass is 222 g/mol. The maximum absolute atomic E-state index is 11.9. The summed E-state index contributed by atoms with van der Waals surface area (Å²) >= 11 is 0. The number of nitrogens with zero attached hydrogens (tertiary/aromatic N) is 1. The predicted octanol–water partition coefficient (Wildman–Crippen LogP) is 0.0606. The van der Waals surface area contributed by atoms with Crippen LogP contribution in [0.2, 0.25) is 0 Å². The minimum absolute atomic E-state index is 0.0975. The summed E-state index contributed by atoms with van der Waals surface area (Å²) in [5.41, 5.74) is 5.52. The van der Waals surface area contributed by atoms with Crippen LogP contribution in [0.25, 0.3) is 0 Å². The third-order valence-corrected chi connectivity index (χ3v) is 2.85. The molecule has 5 nitrogen and oxygen atoms in total. The summed E-state index contributed by atoms with van der Waals surface area (Å²) in [6, 6.07) is 2.74. The summed E-state index contributed by atoms with van der Waals surface area (Å²) in [7, 11) is 0. The normalized spacial score (nSPS) is 20.1. The Hall–Kier alpha value is -1.62. The predicted molar refractivity (Wildman–Crippen MR) is 58.0 cm³/mol. The van der Waals surface area contributed by atoms with Gasteiger partial charge in [0.2, 0.25) is 0 Å².